The highest BCUT2D eigenvalue weighted by atomic mass is 32.1. The fourth-order valence-electron chi connectivity index (χ4n) is 2.77. The second kappa shape index (κ2) is 11.5. The van der Waals surface area contributed by atoms with Crippen LogP contribution in [0.15, 0.2) is 60.7 Å². The molecule has 2 aromatic carbocycles. The molecule has 0 aliphatic carbocycles. The molecule has 2 aromatic rings. The normalized spacial score (nSPS) is 12.6. The van der Waals surface area contributed by atoms with Crippen LogP contribution in [0.25, 0.3) is 0 Å². The van der Waals surface area contributed by atoms with Gasteiger partial charge in [0, 0.05) is 0 Å². The zero-order valence-electron chi connectivity index (χ0n) is 15.5. The molecule has 2 nitrogen and oxygen atoms in total. The Kier molecular flexibility index (Phi) is 9.27. The summed E-state index contributed by atoms with van der Waals surface area (Å²) in [6, 6.07) is 19.3. The molecular formula is C22H30O2S2. The highest BCUT2D eigenvalue weighted by Gasteiger charge is 2.38. The SMILES string of the molecule is CCCCCCCCC(S)C(S)(Oc1ccccc1)Oc1ccccc1. The number of hydrogen-bond acceptors (Lipinski definition) is 4. The summed E-state index contributed by atoms with van der Waals surface area (Å²) in [6.45, 7) is 2.24. The van der Waals surface area contributed by atoms with E-state index >= 15 is 0 Å². The number of para-hydroxylation sites is 2. The maximum atomic E-state index is 6.13. The molecule has 0 bridgehead atoms. The molecule has 0 fully saturated rings. The Morgan fingerprint density at radius 2 is 1.23 bits per heavy atom. The zero-order valence-corrected chi connectivity index (χ0v) is 17.3. The minimum absolute atomic E-state index is 0.155. The molecule has 1 atom stereocenters. The fraction of sp³-hybridized carbons (Fsp3) is 0.455. The standard InChI is InChI=1S/C22H30O2S2/c1-2-3-4-5-6-13-18-21(25)22(26,23-19-14-9-7-10-15-19)24-20-16-11-8-12-17-20/h7-12,14-17,21,25-26H,2-6,13,18H2,1H3. The van der Waals surface area contributed by atoms with Crippen molar-refractivity contribution in [2.45, 2.75) is 62.2 Å². The van der Waals surface area contributed by atoms with Crippen molar-refractivity contribution in [1.29, 1.82) is 0 Å². The highest BCUT2D eigenvalue weighted by Crippen LogP contribution is 2.33. The van der Waals surface area contributed by atoms with E-state index in [1.54, 1.807) is 0 Å². The van der Waals surface area contributed by atoms with E-state index in [9.17, 15) is 0 Å². The number of hydrogen-bond donors (Lipinski definition) is 2. The minimum Gasteiger partial charge on any atom is -0.443 e. The van der Waals surface area contributed by atoms with Crippen LogP contribution in [0.4, 0.5) is 0 Å². The summed E-state index contributed by atoms with van der Waals surface area (Å²) in [5.41, 5.74) is 0. The first-order valence-corrected chi connectivity index (χ1v) is 10.5. The number of unbranched alkanes of at least 4 members (excludes halogenated alkanes) is 5. The quantitative estimate of drug-likeness (QED) is 0.236. The van der Waals surface area contributed by atoms with Gasteiger partial charge in [-0.25, -0.2) is 0 Å². The molecule has 142 valence electrons. The van der Waals surface area contributed by atoms with E-state index in [-0.39, 0.29) is 5.25 Å². The van der Waals surface area contributed by atoms with Crippen LogP contribution in [0, 0.1) is 0 Å². The Morgan fingerprint density at radius 1 is 0.769 bits per heavy atom. The molecule has 26 heavy (non-hydrogen) atoms. The average molecular weight is 391 g/mol. The van der Waals surface area contributed by atoms with Crippen molar-refractivity contribution in [3.63, 3.8) is 0 Å². The Bertz CT molecular complexity index is 563. The van der Waals surface area contributed by atoms with Gasteiger partial charge in [0.05, 0.1) is 5.25 Å². The third-order valence-electron chi connectivity index (χ3n) is 4.27. The van der Waals surface area contributed by atoms with Crippen molar-refractivity contribution >= 4 is 25.3 Å². The molecule has 4 heteroatoms. The van der Waals surface area contributed by atoms with E-state index in [0.717, 1.165) is 24.3 Å². The first-order chi connectivity index (χ1) is 12.6. The summed E-state index contributed by atoms with van der Waals surface area (Å²) in [7, 11) is 0. The predicted molar refractivity (Wildman–Crippen MR) is 117 cm³/mol. The van der Waals surface area contributed by atoms with Crippen LogP contribution < -0.4 is 9.47 Å². The average Bonchev–Trinajstić information content (AvgIpc) is 2.66. The van der Waals surface area contributed by atoms with Gasteiger partial charge < -0.3 is 9.47 Å². The maximum Gasteiger partial charge on any atom is 0.310 e. The van der Waals surface area contributed by atoms with Gasteiger partial charge in [-0.15, -0.1) is 0 Å². The summed E-state index contributed by atoms with van der Waals surface area (Å²) in [5, 5.41) is -1.28. The first kappa shape index (κ1) is 21.0. The van der Waals surface area contributed by atoms with Gasteiger partial charge in [0.25, 0.3) is 0 Å². The molecule has 1 unspecified atom stereocenters. The lowest BCUT2D eigenvalue weighted by molar-refractivity contribution is -0.0298. The summed E-state index contributed by atoms with van der Waals surface area (Å²) >= 11 is 9.56. The van der Waals surface area contributed by atoms with Crippen LogP contribution in [0.1, 0.15) is 51.9 Å². The lowest BCUT2D eigenvalue weighted by atomic mass is 10.1. The fourth-order valence-corrected chi connectivity index (χ4v) is 3.40. The minimum atomic E-state index is -1.13. The van der Waals surface area contributed by atoms with E-state index in [1.165, 1.54) is 32.1 Å². The van der Waals surface area contributed by atoms with Gasteiger partial charge in [-0.1, -0.05) is 94.5 Å². The highest BCUT2D eigenvalue weighted by molar-refractivity contribution is 7.85. The predicted octanol–water partition coefficient (Wildman–Crippen LogP) is 6.78. The lowest BCUT2D eigenvalue weighted by Crippen LogP contribution is -2.45. The van der Waals surface area contributed by atoms with Gasteiger partial charge in [-0.2, -0.15) is 12.6 Å². The Labute approximate surface area is 169 Å². The molecule has 0 amide bonds. The smallest absolute Gasteiger partial charge is 0.310 e. The van der Waals surface area contributed by atoms with Crippen molar-refractivity contribution in [1.82, 2.24) is 0 Å². The molecule has 0 N–H and O–H groups in total. The van der Waals surface area contributed by atoms with E-state index in [4.69, 9.17) is 34.7 Å². The molecule has 0 heterocycles. The summed E-state index contributed by atoms with van der Waals surface area (Å²) in [4.78, 5) is 0. The molecular weight excluding hydrogens is 360 g/mol. The van der Waals surface area contributed by atoms with Gasteiger partial charge in [0.1, 0.15) is 11.5 Å². The number of thiol groups is 2. The molecule has 0 aliphatic heterocycles. The summed E-state index contributed by atoms with van der Waals surface area (Å²) in [6.07, 6.45) is 8.35. The van der Waals surface area contributed by atoms with Crippen molar-refractivity contribution in [2.75, 3.05) is 0 Å². The van der Waals surface area contributed by atoms with Gasteiger partial charge in [-0.3, -0.25) is 0 Å². The van der Waals surface area contributed by atoms with Gasteiger partial charge in [0.2, 0.25) is 0 Å². The largest absolute Gasteiger partial charge is 0.443 e. The first-order valence-electron chi connectivity index (χ1n) is 9.52. The van der Waals surface area contributed by atoms with Gasteiger partial charge in [-0.05, 0) is 30.7 Å². The van der Waals surface area contributed by atoms with Crippen LogP contribution in [0.5, 0.6) is 11.5 Å². The lowest BCUT2D eigenvalue weighted by Gasteiger charge is -2.34. The van der Waals surface area contributed by atoms with Crippen LogP contribution >= 0.6 is 25.3 Å². The Balaban J connectivity index is 1.99. The molecule has 0 aliphatic rings. The Hall–Kier alpha value is -1.26. The Morgan fingerprint density at radius 3 is 1.73 bits per heavy atom. The van der Waals surface area contributed by atoms with Crippen molar-refractivity contribution in [3.8, 4) is 11.5 Å². The summed E-state index contributed by atoms with van der Waals surface area (Å²) in [5.74, 6) is 1.45. The second-order valence-corrected chi connectivity index (χ2v) is 7.78. The third kappa shape index (κ3) is 7.16. The second-order valence-electron chi connectivity index (χ2n) is 6.53. The number of rotatable bonds is 12. The van der Waals surface area contributed by atoms with Crippen LogP contribution in [-0.2, 0) is 0 Å². The topological polar surface area (TPSA) is 18.5 Å². The van der Waals surface area contributed by atoms with E-state index in [2.05, 4.69) is 6.92 Å². The third-order valence-corrected chi connectivity index (χ3v) is 5.56. The maximum absolute atomic E-state index is 6.13. The van der Waals surface area contributed by atoms with E-state index in [1.807, 2.05) is 60.7 Å². The van der Waals surface area contributed by atoms with Gasteiger partial charge in [0.15, 0.2) is 0 Å². The molecule has 0 saturated heterocycles. The van der Waals surface area contributed by atoms with Gasteiger partial charge >= 0.3 is 5.12 Å². The van der Waals surface area contributed by atoms with Crippen molar-refractivity contribution < 1.29 is 9.47 Å². The summed E-state index contributed by atoms with van der Waals surface area (Å²) < 4.78 is 12.3. The zero-order chi connectivity index (χ0) is 18.7. The van der Waals surface area contributed by atoms with E-state index < -0.39 is 5.12 Å². The molecule has 0 spiro atoms. The van der Waals surface area contributed by atoms with E-state index in [0.29, 0.717) is 0 Å². The number of ether oxygens (including phenoxy) is 2. The molecule has 0 aromatic heterocycles. The van der Waals surface area contributed by atoms with Crippen LogP contribution in [0.3, 0.4) is 0 Å². The van der Waals surface area contributed by atoms with Crippen LogP contribution in [0.2, 0.25) is 0 Å². The molecule has 0 radical (unpaired) electrons. The van der Waals surface area contributed by atoms with Crippen molar-refractivity contribution in [2.24, 2.45) is 0 Å². The van der Waals surface area contributed by atoms with Crippen molar-refractivity contribution in [3.05, 3.63) is 60.7 Å². The monoisotopic (exact) mass is 390 g/mol. The molecule has 2 rings (SSSR count). The molecule has 0 saturated carbocycles. The number of benzene rings is 2. The van der Waals surface area contributed by atoms with Crippen LogP contribution in [-0.4, -0.2) is 10.4 Å².